The lowest BCUT2D eigenvalue weighted by Crippen LogP contribution is -2.48. The van der Waals surface area contributed by atoms with E-state index in [2.05, 4.69) is 5.32 Å². The second-order valence-electron chi connectivity index (χ2n) is 5.00. The van der Waals surface area contributed by atoms with E-state index in [4.69, 9.17) is 10.5 Å². The van der Waals surface area contributed by atoms with Gasteiger partial charge in [-0.15, -0.1) is 0 Å². The van der Waals surface area contributed by atoms with E-state index >= 15 is 0 Å². The van der Waals surface area contributed by atoms with E-state index in [-0.39, 0.29) is 12.8 Å². The van der Waals surface area contributed by atoms with Crippen molar-refractivity contribution >= 4 is 5.91 Å². The van der Waals surface area contributed by atoms with E-state index in [1.54, 1.807) is 0 Å². The molecule has 0 saturated heterocycles. The van der Waals surface area contributed by atoms with E-state index in [9.17, 15) is 18.0 Å². The van der Waals surface area contributed by atoms with Crippen LogP contribution in [0.4, 0.5) is 13.2 Å². The number of ether oxygens (including phenoxy) is 1. The van der Waals surface area contributed by atoms with Gasteiger partial charge in [-0.05, 0) is 25.7 Å². The zero-order valence-electron chi connectivity index (χ0n) is 11.0. The number of carbonyl (C=O) groups excluding carboxylic acids is 1. The Morgan fingerprint density at radius 1 is 1.47 bits per heavy atom. The molecule has 0 spiro atoms. The maximum Gasteiger partial charge on any atom is 0.391 e. The highest BCUT2D eigenvalue weighted by atomic mass is 19.4. The number of hydrogen-bond donors (Lipinski definition) is 2. The average Bonchev–Trinajstić information content (AvgIpc) is 2.35. The number of rotatable bonds is 5. The van der Waals surface area contributed by atoms with Gasteiger partial charge in [0.25, 0.3) is 0 Å². The van der Waals surface area contributed by atoms with Gasteiger partial charge in [0.2, 0.25) is 5.91 Å². The number of methoxy groups -OCH3 is 1. The molecule has 1 aliphatic carbocycles. The van der Waals surface area contributed by atoms with Gasteiger partial charge >= 0.3 is 6.18 Å². The molecule has 1 rings (SSSR count). The van der Waals surface area contributed by atoms with Crippen LogP contribution in [0, 0.1) is 5.92 Å². The van der Waals surface area contributed by atoms with Crippen molar-refractivity contribution in [3.05, 3.63) is 0 Å². The molecule has 0 bridgehead atoms. The normalized spacial score (nSPS) is 25.9. The van der Waals surface area contributed by atoms with Crippen LogP contribution >= 0.6 is 0 Å². The number of halogens is 3. The fourth-order valence-corrected chi connectivity index (χ4v) is 2.30. The molecule has 1 fully saturated rings. The first-order valence-corrected chi connectivity index (χ1v) is 6.46. The third kappa shape index (κ3) is 5.36. The summed E-state index contributed by atoms with van der Waals surface area (Å²) >= 11 is 0. The van der Waals surface area contributed by atoms with Crippen molar-refractivity contribution in [2.75, 3.05) is 13.7 Å². The van der Waals surface area contributed by atoms with Gasteiger partial charge < -0.3 is 15.8 Å². The number of nitrogens with one attached hydrogen (secondary N) is 1. The smallest absolute Gasteiger partial charge is 0.385 e. The molecule has 7 heteroatoms. The topological polar surface area (TPSA) is 64.3 Å². The van der Waals surface area contributed by atoms with E-state index in [0.717, 1.165) is 0 Å². The van der Waals surface area contributed by atoms with Crippen molar-refractivity contribution in [3.63, 3.8) is 0 Å². The zero-order valence-corrected chi connectivity index (χ0v) is 11.0. The molecule has 0 aromatic carbocycles. The number of hydrogen-bond acceptors (Lipinski definition) is 3. The summed E-state index contributed by atoms with van der Waals surface area (Å²) < 4.78 is 42.7. The molecule has 1 aliphatic rings. The molecule has 0 aromatic rings. The minimum absolute atomic E-state index is 0.0494. The quantitative estimate of drug-likeness (QED) is 0.805. The largest absolute Gasteiger partial charge is 0.391 e. The highest BCUT2D eigenvalue weighted by molar-refractivity contribution is 5.81. The fraction of sp³-hybridized carbons (Fsp3) is 0.917. The molecule has 4 nitrogen and oxygen atoms in total. The van der Waals surface area contributed by atoms with Crippen molar-refractivity contribution in [1.29, 1.82) is 0 Å². The number of carbonyl (C=O) groups is 1. The minimum atomic E-state index is -4.18. The van der Waals surface area contributed by atoms with E-state index < -0.39 is 30.1 Å². The zero-order chi connectivity index (χ0) is 14.5. The minimum Gasteiger partial charge on any atom is -0.385 e. The third-order valence-electron chi connectivity index (χ3n) is 3.45. The standard InChI is InChI=1S/C12H21F3N2O2/c1-19-6-5-10(16)11(18)17-9-4-2-3-8(7-9)12(13,14)15/h8-10H,2-7,16H2,1H3,(H,17,18). The lowest BCUT2D eigenvalue weighted by atomic mass is 9.85. The van der Waals surface area contributed by atoms with Crippen molar-refractivity contribution in [3.8, 4) is 0 Å². The number of alkyl halides is 3. The maximum atomic E-state index is 12.6. The van der Waals surface area contributed by atoms with Crippen molar-refractivity contribution in [2.24, 2.45) is 11.7 Å². The van der Waals surface area contributed by atoms with Gasteiger partial charge in [0.05, 0.1) is 12.0 Å². The Balaban J connectivity index is 2.42. The Bertz CT molecular complexity index is 297. The molecule has 1 amide bonds. The van der Waals surface area contributed by atoms with Crippen LogP contribution in [0.2, 0.25) is 0 Å². The second kappa shape index (κ2) is 7.09. The predicted molar refractivity (Wildman–Crippen MR) is 64.4 cm³/mol. The third-order valence-corrected chi connectivity index (χ3v) is 3.45. The Kier molecular flexibility index (Phi) is 6.06. The Morgan fingerprint density at radius 3 is 2.74 bits per heavy atom. The number of nitrogens with two attached hydrogens (primary N) is 1. The second-order valence-corrected chi connectivity index (χ2v) is 5.00. The summed E-state index contributed by atoms with van der Waals surface area (Å²) in [6.07, 6.45) is -2.67. The summed E-state index contributed by atoms with van der Waals surface area (Å²) in [5.41, 5.74) is 5.63. The molecule has 19 heavy (non-hydrogen) atoms. The highest BCUT2D eigenvalue weighted by Gasteiger charge is 2.42. The van der Waals surface area contributed by atoms with Crippen LogP contribution in [0.1, 0.15) is 32.1 Å². The molecule has 0 aliphatic heterocycles. The molecular weight excluding hydrogens is 261 g/mol. The van der Waals surface area contributed by atoms with Gasteiger partial charge in [0.15, 0.2) is 0 Å². The lowest BCUT2D eigenvalue weighted by molar-refractivity contribution is -0.184. The molecule has 3 N–H and O–H groups in total. The summed E-state index contributed by atoms with van der Waals surface area (Å²) in [6, 6.07) is -1.16. The van der Waals surface area contributed by atoms with Gasteiger partial charge in [-0.2, -0.15) is 13.2 Å². The molecule has 0 heterocycles. The van der Waals surface area contributed by atoms with Gasteiger partial charge in [0.1, 0.15) is 0 Å². The van der Waals surface area contributed by atoms with Crippen molar-refractivity contribution in [2.45, 2.75) is 50.4 Å². The number of amides is 1. The molecule has 112 valence electrons. The van der Waals surface area contributed by atoms with E-state index in [0.29, 0.717) is 25.9 Å². The van der Waals surface area contributed by atoms with Gasteiger partial charge in [0, 0.05) is 19.8 Å². The van der Waals surface area contributed by atoms with Crippen molar-refractivity contribution in [1.82, 2.24) is 5.32 Å². The Morgan fingerprint density at radius 2 is 2.16 bits per heavy atom. The summed E-state index contributed by atoms with van der Waals surface area (Å²) in [7, 11) is 1.50. The molecule has 1 saturated carbocycles. The molecule has 0 radical (unpaired) electrons. The van der Waals surface area contributed by atoms with Crippen LogP contribution in [0.15, 0.2) is 0 Å². The first-order valence-electron chi connectivity index (χ1n) is 6.46. The van der Waals surface area contributed by atoms with Crippen LogP contribution in [-0.2, 0) is 9.53 Å². The molecule has 3 unspecified atom stereocenters. The van der Waals surface area contributed by atoms with Crippen LogP contribution in [0.5, 0.6) is 0 Å². The van der Waals surface area contributed by atoms with E-state index in [1.807, 2.05) is 0 Å². The highest BCUT2D eigenvalue weighted by Crippen LogP contribution is 2.37. The van der Waals surface area contributed by atoms with Crippen LogP contribution in [-0.4, -0.2) is 37.9 Å². The van der Waals surface area contributed by atoms with E-state index in [1.165, 1.54) is 7.11 Å². The fourth-order valence-electron chi connectivity index (χ4n) is 2.30. The van der Waals surface area contributed by atoms with Gasteiger partial charge in [-0.3, -0.25) is 4.79 Å². The molecular formula is C12H21F3N2O2. The monoisotopic (exact) mass is 282 g/mol. The van der Waals surface area contributed by atoms with Crippen LogP contribution in [0.25, 0.3) is 0 Å². The summed E-state index contributed by atoms with van der Waals surface area (Å²) in [5.74, 6) is -1.72. The van der Waals surface area contributed by atoms with Crippen LogP contribution in [0.3, 0.4) is 0 Å². The lowest BCUT2D eigenvalue weighted by Gasteiger charge is -2.31. The predicted octanol–water partition coefficient (Wildman–Crippen LogP) is 1.59. The summed E-state index contributed by atoms with van der Waals surface area (Å²) in [5, 5.41) is 2.61. The molecule has 0 aromatic heterocycles. The summed E-state index contributed by atoms with van der Waals surface area (Å²) in [6.45, 7) is 0.352. The SMILES string of the molecule is COCCC(N)C(=O)NC1CCCC(C(F)(F)F)C1. The molecule has 3 atom stereocenters. The first-order chi connectivity index (χ1) is 8.84. The van der Waals surface area contributed by atoms with Gasteiger partial charge in [-0.1, -0.05) is 6.42 Å². The average molecular weight is 282 g/mol. The Hall–Kier alpha value is -0.820. The Labute approximate surface area is 110 Å². The van der Waals surface area contributed by atoms with Crippen LogP contribution < -0.4 is 11.1 Å². The maximum absolute atomic E-state index is 12.6. The first kappa shape index (κ1) is 16.2. The van der Waals surface area contributed by atoms with Gasteiger partial charge in [-0.25, -0.2) is 0 Å². The van der Waals surface area contributed by atoms with Crippen molar-refractivity contribution < 1.29 is 22.7 Å². The summed E-state index contributed by atoms with van der Waals surface area (Å²) in [4.78, 5) is 11.7.